The molecule has 0 saturated heterocycles. The quantitative estimate of drug-likeness (QED) is 0.561. The van der Waals surface area contributed by atoms with Gasteiger partial charge in [-0.25, -0.2) is 0 Å². The zero-order chi connectivity index (χ0) is 12.1. The number of carbonyl (C=O) groups excluding carboxylic acids is 1. The Bertz CT molecular complexity index is 405. The Labute approximate surface area is 96.9 Å². The molecule has 0 heterocycles. The van der Waals surface area contributed by atoms with Gasteiger partial charge in [0.05, 0.1) is 6.61 Å². The van der Waals surface area contributed by atoms with Crippen molar-refractivity contribution in [3.05, 3.63) is 47.0 Å². The van der Waals surface area contributed by atoms with Crippen molar-refractivity contribution in [3.8, 4) is 0 Å². The van der Waals surface area contributed by atoms with Crippen molar-refractivity contribution in [1.82, 2.24) is 0 Å². The van der Waals surface area contributed by atoms with Gasteiger partial charge in [0, 0.05) is 17.7 Å². The molecule has 2 heteroatoms. The van der Waals surface area contributed by atoms with E-state index in [-0.39, 0.29) is 5.78 Å². The Morgan fingerprint density at radius 3 is 2.69 bits per heavy atom. The van der Waals surface area contributed by atoms with Gasteiger partial charge in [-0.05, 0) is 31.9 Å². The van der Waals surface area contributed by atoms with E-state index < -0.39 is 0 Å². The lowest BCUT2D eigenvalue weighted by atomic mass is 9.97. The molecular formula is C14H18O2. The average Bonchev–Trinajstić information content (AvgIpc) is 2.28. The first-order chi connectivity index (χ1) is 7.57. The van der Waals surface area contributed by atoms with Crippen LogP contribution in [-0.2, 0) is 4.74 Å². The zero-order valence-corrected chi connectivity index (χ0v) is 10.2. The summed E-state index contributed by atoms with van der Waals surface area (Å²) in [6.07, 6.45) is 0. The molecule has 1 aromatic carbocycles. The van der Waals surface area contributed by atoms with Gasteiger partial charge in [-0.2, -0.15) is 0 Å². The largest absolute Gasteiger partial charge is 0.377 e. The molecule has 16 heavy (non-hydrogen) atoms. The van der Waals surface area contributed by atoms with Crippen LogP contribution in [0.3, 0.4) is 0 Å². The van der Waals surface area contributed by atoms with E-state index in [9.17, 15) is 4.79 Å². The standard InChI is InChI=1S/C14H18O2/c1-5-16-9-11(3)14(15)13-8-6-7-10(2)12(13)4/h6-8H,3,5,9H2,1-2,4H3. The topological polar surface area (TPSA) is 26.3 Å². The van der Waals surface area contributed by atoms with Crippen molar-refractivity contribution < 1.29 is 9.53 Å². The molecule has 0 radical (unpaired) electrons. The van der Waals surface area contributed by atoms with Crippen LogP contribution in [0.1, 0.15) is 28.4 Å². The molecule has 0 N–H and O–H groups in total. The normalized spacial score (nSPS) is 10.2. The minimum Gasteiger partial charge on any atom is -0.377 e. The van der Waals surface area contributed by atoms with Crippen molar-refractivity contribution in [2.24, 2.45) is 0 Å². The predicted molar refractivity (Wildman–Crippen MR) is 65.9 cm³/mol. The van der Waals surface area contributed by atoms with Crippen LogP contribution in [0.5, 0.6) is 0 Å². The van der Waals surface area contributed by atoms with Crippen molar-refractivity contribution >= 4 is 5.78 Å². The van der Waals surface area contributed by atoms with E-state index in [1.807, 2.05) is 39.0 Å². The van der Waals surface area contributed by atoms with Crippen LogP contribution in [0.15, 0.2) is 30.4 Å². The van der Waals surface area contributed by atoms with Gasteiger partial charge in [0.25, 0.3) is 0 Å². The molecule has 0 spiro atoms. The lowest BCUT2D eigenvalue weighted by molar-refractivity contribution is 0.0991. The first-order valence-corrected chi connectivity index (χ1v) is 5.44. The molecule has 0 saturated carbocycles. The van der Waals surface area contributed by atoms with E-state index in [4.69, 9.17) is 4.74 Å². The summed E-state index contributed by atoms with van der Waals surface area (Å²) in [4.78, 5) is 12.0. The number of carbonyl (C=O) groups is 1. The maximum Gasteiger partial charge on any atom is 0.191 e. The maximum atomic E-state index is 12.0. The maximum absolute atomic E-state index is 12.0. The van der Waals surface area contributed by atoms with E-state index in [1.54, 1.807) is 0 Å². The summed E-state index contributed by atoms with van der Waals surface area (Å²) in [5, 5.41) is 0. The summed E-state index contributed by atoms with van der Waals surface area (Å²) in [7, 11) is 0. The molecule has 0 aliphatic rings. The van der Waals surface area contributed by atoms with Crippen LogP contribution < -0.4 is 0 Å². The summed E-state index contributed by atoms with van der Waals surface area (Å²) < 4.78 is 5.19. The summed E-state index contributed by atoms with van der Waals surface area (Å²) in [5.74, 6) is -0.0188. The average molecular weight is 218 g/mol. The summed E-state index contributed by atoms with van der Waals surface area (Å²) >= 11 is 0. The Morgan fingerprint density at radius 1 is 1.38 bits per heavy atom. The molecule has 1 rings (SSSR count). The molecule has 0 amide bonds. The molecule has 0 atom stereocenters. The number of benzene rings is 1. The zero-order valence-electron chi connectivity index (χ0n) is 10.2. The first-order valence-electron chi connectivity index (χ1n) is 5.44. The van der Waals surface area contributed by atoms with E-state index in [0.717, 1.165) is 16.7 Å². The second-order valence-electron chi connectivity index (χ2n) is 3.82. The van der Waals surface area contributed by atoms with Crippen LogP contribution in [0.4, 0.5) is 0 Å². The number of rotatable bonds is 5. The fourth-order valence-electron chi connectivity index (χ4n) is 1.48. The second-order valence-corrected chi connectivity index (χ2v) is 3.82. The third kappa shape index (κ3) is 2.80. The highest BCUT2D eigenvalue weighted by molar-refractivity contribution is 6.09. The summed E-state index contributed by atoms with van der Waals surface area (Å²) in [5.41, 5.74) is 3.38. The van der Waals surface area contributed by atoms with Crippen LogP contribution >= 0.6 is 0 Å². The lowest BCUT2D eigenvalue weighted by Gasteiger charge is -2.09. The van der Waals surface area contributed by atoms with Gasteiger partial charge in [0.15, 0.2) is 5.78 Å². The summed E-state index contributed by atoms with van der Waals surface area (Å²) in [6.45, 7) is 10.5. The number of aryl methyl sites for hydroxylation is 1. The third-order valence-corrected chi connectivity index (χ3v) is 2.65. The second kappa shape index (κ2) is 5.61. The summed E-state index contributed by atoms with van der Waals surface area (Å²) in [6, 6.07) is 5.72. The highest BCUT2D eigenvalue weighted by Gasteiger charge is 2.13. The van der Waals surface area contributed by atoms with Crippen LogP contribution in [0.2, 0.25) is 0 Å². The molecule has 0 bridgehead atoms. The molecule has 86 valence electrons. The number of ether oxygens (including phenoxy) is 1. The number of hydrogen-bond acceptors (Lipinski definition) is 2. The SMILES string of the molecule is C=C(COCC)C(=O)c1cccc(C)c1C. The fraction of sp³-hybridized carbons (Fsp3) is 0.357. The van der Waals surface area contributed by atoms with Gasteiger partial charge in [-0.1, -0.05) is 24.8 Å². The molecule has 0 aliphatic carbocycles. The Balaban J connectivity index is 2.88. The van der Waals surface area contributed by atoms with Crippen LogP contribution in [0.25, 0.3) is 0 Å². The van der Waals surface area contributed by atoms with Gasteiger partial charge in [-0.3, -0.25) is 4.79 Å². The van der Waals surface area contributed by atoms with Crippen molar-refractivity contribution in [3.63, 3.8) is 0 Å². The van der Waals surface area contributed by atoms with Crippen molar-refractivity contribution in [2.75, 3.05) is 13.2 Å². The molecule has 0 fully saturated rings. The third-order valence-electron chi connectivity index (χ3n) is 2.65. The molecule has 0 aromatic heterocycles. The Kier molecular flexibility index (Phi) is 4.44. The van der Waals surface area contributed by atoms with Crippen LogP contribution in [-0.4, -0.2) is 19.0 Å². The number of Topliss-reactive ketones (excluding diaryl/α,β-unsaturated/α-hetero) is 1. The molecule has 0 aliphatic heterocycles. The Morgan fingerprint density at radius 2 is 2.06 bits per heavy atom. The Hall–Kier alpha value is -1.41. The smallest absolute Gasteiger partial charge is 0.191 e. The minimum absolute atomic E-state index is 0.0188. The molecule has 2 nitrogen and oxygen atoms in total. The lowest BCUT2D eigenvalue weighted by Crippen LogP contribution is -2.10. The van der Waals surface area contributed by atoms with Gasteiger partial charge >= 0.3 is 0 Å². The monoisotopic (exact) mass is 218 g/mol. The van der Waals surface area contributed by atoms with Crippen molar-refractivity contribution in [2.45, 2.75) is 20.8 Å². The molecular weight excluding hydrogens is 200 g/mol. The van der Waals surface area contributed by atoms with Gasteiger partial charge in [0.1, 0.15) is 0 Å². The number of hydrogen-bond donors (Lipinski definition) is 0. The predicted octanol–water partition coefficient (Wildman–Crippen LogP) is 3.08. The number of ketones is 1. The first kappa shape index (κ1) is 12.7. The van der Waals surface area contributed by atoms with E-state index in [1.165, 1.54) is 0 Å². The van der Waals surface area contributed by atoms with E-state index >= 15 is 0 Å². The van der Waals surface area contributed by atoms with Crippen LogP contribution in [0, 0.1) is 13.8 Å². The van der Waals surface area contributed by atoms with E-state index in [2.05, 4.69) is 6.58 Å². The van der Waals surface area contributed by atoms with E-state index in [0.29, 0.717) is 18.8 Å². The molecule has 0 unspecified atom stereocenters. The highest BCUT2D eigenvalue weighted by atomic mass is 16.5. The minimum atomic E-state index is -0.0188. The molecule has 1 aromatic rings. The fourth-order valence-corrected chi connectivity index (χ4v) is 1.48. The van der Waals surface area contributed by atoms with Gasteiger partial charge in [0.2, 0.25) is 0 Å². The highest BCUT2D eigenvalue weighted by Crippen LogP contribution is 2.16. The van der Waals surface area contributed by atoms with Gasteiger partial charge < -0.3 is 4.74 Å². The van der Waals surface area contributed by atoms with Gasteiger partial charge in [-0.15, -0.1) is 0 Å². The van der Waals surface area contributed by atoms with Crippen molar-refractivity contribution in [1.29, 1.82) is 0 Å².